The van der Waals surface area contributed by atoms with Crippen molar-refractivity contribution in [3.05, 3.63) is 41.2 Å². The minimum Gasteiger partial charge on any atom is -0.500 e. The molecule has 19 heavy (non-hydrogen) atoms. The molecule has 0 saturated carbocycles. The minimum atomic E-state index is -4.19. The molecule has 104 valence electrons. The van der Waals surface area contributed by atoms with Gasteiger partial charge in [0.05, 0.1) is 18.6 Å². The maximum absolute atomic E-state index is 13.1. The van der Waals surface area contributed by atoms with Crippen LogP contribution in [0.2, 0.25) is 0 Å². The first kappa shape index (κ1) is 15.2. The minimum absolute atomic E-state index is 0.180. The van der Waals surface area contributed by atoms with E-state index in [1.54, 1.807) is 6.92 Å². The number of benzene rings is 1. The summed E-state index contributed by atoms with van der Waals surface area (Å²) in [6, 6.07) is 4.33. The molecule has 7 heteroatoms. The normalized spacial score (nSPS) is 12.1. The molecule has 5 nitrogen and oxygen atoms in total. The first-order chi connectivity index (χ1) is 8.93. The van der Waals surface area contributed by atoms with Crippen molar-refractivity contribution in [1.29, 1.82) is 0 Å². The number of ether oxygens (including phenoxy) is 2. The fourth-order valence-corrected chi connectivity index (χ4v) is 2.52. The summed E-state index contributed by atoms with van der Waals surface area (Å²) in [5.41, 5.74) is 0. The monoisotopic (exact) mass is 288 g/mol. The van der Waals surface area contributed by atoms with Gasteiger partial charge in [-0.05, 0) is 25.1 Å². The lowest BCUT2D eigenvalue weighted by molar-refractivity contribution is -0.135. The van der Waals surface area contributed by atoms with E-state index in [0.29, 0.717) is 0 Å². The van der Waals surface area contributed by atoms with Crippen molar-refractivity contribution in [2.75, 3.05) is 13.7 Å². The first-order valence-electron chi connectivity index (χ1n) is 5.34. The van der Waals surface area contributed by atoms with Gasteiger partial charge >= 0.3 is 5.97 Å². The third kappa shape index (κ3) is 3.54. The first-order valence-corrected chi connectivity index (χ1v) is 6.82. The summed E-state index contributed by atoms with van der Waals surface area (Å²) in [7, 11) is -3.14. The predicted octanol–water partition coefficient (Wildman–Crippen LogP) is 1.65. The van der Waals surface area contributed by atoms with Gasteiger partial charge in [-0.25, -0.2) is 17.6 Å². The van der Waals surface area contributed by atoms with Gasteiger partial charge in [-0.15, -0.1) is 0 Å². The van der Waals surface area contributed by atoms with Gasteiger partial charge in [-0.1, -0.05) is 6.07 Å². The van der Waals surface area contributed by atoms with E-state index >= 15 is 0 Å². The maximum atomic E-state index is 13.1. The number of carbonyl (C=O) groups is 1. The zero-order chi connectivity index (χ0) is 14.5. The van der Waals surface area contributed by atoms with Gasteiger partial charge in [-0.2, -0.15) is 0 Å². The fraction of sp³-hybridized carbons (Fsp3) is 0.250. The number of hydrogen-bond acceptors (Lipinski definition) is 5. The summed E-state index contributed by atoms with van der Waals surface area (Å²) in [6.07, 6.45) is 0.798. The molecule has 0 aliphatic rings. The van der Waals surface area contributed by atoms with Crippen LogP contribution in [0.15, 0.2) is 40.3 Å². The molecule has 0 aromatic heterocycles. The molecule has 0 spiro atoms. The molecule has 1 aromatic carbocycles. The SMILES string of the molecule is CCO/C=C(\C(=O)OC)S(=O)(=O)c1cccc(F)c1. The quantitative estimate of drug-likeness (QED) is 0.468. The second-order valence-electron chi connectivity index (χ2n) is 3.39. The van der Waals surface area contributed by atoms with Gasteiger partial charge in [0.1, 0.15) is 12.1 Å². The largest absolute Gasteiger partial charge is 0.500 e. The van der Waals surface area contributed by atoms with Crippen molar-refractivity contribution >= 4 is 15.8 Å². The Balaban J connectivity index is 3.32. The highest BCUT2D eigenvalue weighted by Gasteiger charge is 2.29. The fourth-order valence-electron chi connectivity index (χ4n) is 1.24. The van der Waals surface area contributed by atoms with Crippen LogP contribution >= 0.6 is 0 Å². The highest BCUT2D eigenvalue weighted by molar-refractivity contribution is 7.96. The Kier molecular flexibility index (Phi) is 5.05. The third-order valence-electron chi connectivity index (χ3n) is 2.14. The predicted molar refractivity (Wildman–Crippen MR) is 65.3 cm³/mol. The second kappa shape index (κ2) is 6.33. The molecule has 0 saturated heterocycles. The summed E-state index contributed by atoms with van der Waals surface area (Å²) in [6.45, 7) is 1.80. The maximum Gasteiger partial charge on any atom is 0.353 e. The molecule has 1 aromatic rings. The Morgan fingerprint density at radius 1 is 1.42 bits per heavy atom. The highest BCUT2D eigenvalue weighted by Crippen LogP contribution is 2.21. The van der Waals surface area contributed by atoms with E-state index in [4.69, 9.17) is 4.74 Å². The highest BCUT2D eigenvalue weighted by atomic mass is 32.2. The summed E-state index contributed by atoms with van der Waals surface area (Å²) in [5.74, 6) is -1.79. The van der Waals surface area contributed by atoms with E-state index in [1.165, 1.54) is 12.1 Å². The topological polar surface area (TPSA) is 69.7 Å². The van der Waals surface area contributed by atoms with Crippen LogP contribution in [0.3, 0.4) is 0 Å². The van der Waals surface area contributed by atoms with Crippen molar-refractivity contribution in [2.24, 2.45) is 0 Å². The van der Waals surface area contributed by atoms with Crippen LogP contribution in [0.4, 0.5) is 4.39 Å². The molecule has 0 amide bonds. The van der Waals surface area contributed by atoms with Crippen LogP contribution < -0.4 is 0 Å². The standard InChI is InChI=1S/C12H13FO5S/c1-3-18-8-11(12(14)17-2)19(15,16)10-6-4-5-9(13)7-10/h4-8H,3H2,1-2H3/b11-8+. The molecular formula is C12H13FO5S. The third-order valence-corrected chi connectivity index (χ3v) is 3.86. The summed E-state index contributed by atoms with van der Waals surface area (Å²) < 4.78 is 46.6. The van der Waals surface area contributed by atoms with E-state index in [1.807, 2.05) is 0 Å². The molecule has 0 heterocycles. The van der Waals surface area contributed by atoms with Crippen LogP contribution in [0.5, 0.6) is 0 Å². The van der Waals surface area contributed by atoms with E-state index in [0.717, 1.165) is 25.5 Å². The molecule has 0 bridgehead atoms. The van der Waals surface area contributed by atoms with Gasteiger partial charge in [-0.3, -0.25) is 0 Å². The molecule has 0 aliphatic carbocycles. The molecule has 0 atom stereocenters. The Morgan fingerprint density at radius 2 is 2.11 bits per heavy atom. The van der Waals surface area contributed by atoms with Crippen LogP contribution in [0, 0.1) is 5.82 Å². The van der Waals surface area contributed by atoms with Gasteiger partial charge < -0.3 is 9.47 Å². The van der Waals surface area contributed by atoms with Crippen molar-refractivity contribution in [3.63, 3.8) is 0 Å². The summed E-state index contributed by atoms with van der Waals surface area (Å²) >= 11 is 0. The Hall–Kier alpha value is -1.89. The average Bonchev–Trinajstić information content (AvgIpc) is 2.38. The number of halogens is 1. The number of rotatable bonds is 5. The lowest BCUT2D eigenvalue weighted by atomic mass is 10.4. The average molecular weight is 288 g/mol. The van der Waals surface area contributed by atoms with Gasteiger partial charge in [0, 0.05) is 0 Å². The van der Waals surface area contributed by atoms with Crippen molar-refractivity contribution in [1.82, 2.24) is 0 Å². The summed E-state index contributed by atoms with van der Waals surface area (Å²) in [5, 5.41) is 0. The van der Waals surface area contributed by atoms with Crippen LogP contribution in [-0.2, 0) is 24.1 Å². The van der Waals surface area contributed by atoms with Crippen molar-refractivity contribution < 1.29 is 27.1 Å². The number of carbonyl (C=O) groups excluding carboxylic acids is 1. The van der Waals surface area contributed by atoms with Crippen molar-refractivity contribution in [2.45, 2.75) is 11.8 Å². The number of hydrogen-bond donors (Lipinski definition) is 0. The molecular weight excluding hydrogens is 275 g/mol. The smallest absolute Gasteiger partial charge is 0.353 e. The van der Waals surface area contributed by atoms with Gasteiger partial charge in [0.25, 0.3) is 0 Å². The lowest BCUT2D eigenvalue weighted by Crippen LogP contribution is -2.16. The molecule has 1 rings (SSSR count). The molecule has 0 aliphatic heterocycles. The molecule has 0 fully saturated rings. The van der Waals surface area contributed by atoms with E-state index in [2.05, 4.69) is 4.74 Å². The van der Waals surface area contributed by atoms with Gasteiger partial charge in [0.2, 0.25) is 9.84 Å². The van der Waals surface area contributed by atoms with Crippen LogP contribution in [-0.4, -0.2) is 28.1 Å². The van der Waals surface area contributed by atoms with Crippen LogP contribution in [0.1, 0.15) is 6.92 Å². The second-order valence-corrected chi connectivity index (χ2v) is 5.31. The van der Waals surface area contributed by atoms with Gasteiger partial charge in [0.15, 0.2) is 4.91 Å². The molecule has 0 N–H and O–H groups in total. The van der Waals surface area contributed by atoms with E-state index in [9.17, 15) is 17.6 Å². The van der Waals surface area contributed by atoms with E-state index < -0.39 is 26.5 Å². The Morgan fingerprint density at radius 3 is 2.63 bits per heavy atom. The van der Waals surface area contributed by atoms with Crippen LogP contribution in [0.25, 0.3) is 0 Å². The number of sulfone groups is 1. The lowest BCUT2D eigenvalue weighted by Gasteiger charge is -2.07. The Bertz CT molecular complexity index is 592. The van der Waals surface area contributed by atoms with E-state index in [-0.39, 0.29) is 11.5 Å². The zero-order valence-electron chi connectivity index (χ0n) is 10.4. The number of methoxy groups -OCH3 is 1. The molecule has 0 unspecified atom stereocenters. The number of esters is 1. The summed E-state index contributed by atoms with van der Waals surface area (Å²) in [4.78, 5) is 10.5. The Labute approximate surface area is 110 Å². The van der Waals surface area contributed by atoms with Crippen molar-refractivity contribution in [3.8, 4) is 0 Å². The zero-order valence-corrected chi connectivity index (χ0v) is 11.2. The molecule has 0 radical (unpaired) electrons.